The average molecular weight is 507 g/mol. The lowest BCUT2D eigenvalue weighted by Gasteiger charge is -2.54. The van der Waals surface area contributed by atoms with Gasteiger partial charge in [0, 0.05) is 26.2 Å². The quantitative estimate of drug-likeness (QED) is 0.242. The Hall–Kier alpha value is -1.56. The second-order valence-electron chi connectivity index (χ2n) is 9.28. The zero-order chi connectivity index (χ0) is 25.6. The van der Waals surface area contributed by atoms with E-state index in [1.165, 1.54) is 27.8 Å². The predicted molar refractivity (Wildman–Crippen MR) is 160 cm³/mol. The summed E-state index contributed by atoms with van der Waals surface area (Å²) in [5, 5.41) is 1.56. The van der Waals surface area contributed by atoms with Crippen LogP contribution < -0.4 is 5.30 Å². The Morgan fingerprint density at radius 1 is 0.629 bits per heavy atom. The maximum atomic E-state index is 2.76. The third-order valence-corrected chi connectivity index (χ3v) is 14.7. The molecule has 0 heterocycles. The summed E-state index contributed by atoms with van der Waals surface area (Å²) in [5.74, 6) is 0. The minimum Gasteiger partial charge on any atom is -0.269 e. The van der Waals surface area contributed by atoms with Gasteiger partial charge in [0.15, 0.2) is 0 Å². The van der Waals surface area contributed by atoms with Gasteiger partial charge < -0.3 is 0 Å². The third-order valence-electron chi connectivity index (χ3n) is 7.09. The molecule has 2 nitrogen and oxygen atoms in total. The molecule has 0 aliphatic heterocycles. The predicted octanol–water partition coefficient (Wildman–Crippen LogP) is 8.25. The van der Waals surface area contributed by atoms with Crippen LogP contribution in [0.25, 0.3) is 0 Å². The summed E-state index contributed by atoms with van der Waals surface area (Å²) in [6.07, 6.45) is 0. The van der Waals surface area contributed by atoms with Crippen molar-refractivity contribution in [2.45, 2.75) is 53.4 Å². The Morgan fingerprint density at radius 3 is 1.34 bits per heavy atom. The van der Waals surface area contributed by atoms with Crippen LogP contribution >= 0.6 is 16.1 Å². The van der Waals surface area contributed by atoms with Crippen LogP contribution in [-0.2, 0) is 4.90 Å². The van der Waals surface area contributed by atoms with Crippen molar-refractivity contribution in [1.29, 1.82) is 0 Å². The number of rotatable bonds is 11. The van der Waals surface area contributed by atoms with E-state index in [0.29, 0.717) is 0 Å². The van der Waals surface area contributed by atoms with E-state index in [-0.39, 0.29) is 4.90 Å². The van der Waals surface area contributed by atoms with Gasteiger partial charge >= 0.3 is 0 Å². The van der Waals surface area contributed by atoms with Gasteiger partial charge in [-0.2, -0.15) is 0 Å². The molecule has 0 spiro atoms. The number of nitrogens with zero attached hydrogens (tertiary/aromatic N) is 2. The van der Waals surface area contributed by atoms with Gasteiger partial charge in [-0.1, -0.05) is 114 Å². The van der Waals surface area contributed by atoms with E-state index in [1.807, 2.05) is 0 Å². The Kier molecular flexibility index (Phi) is 10.1. The van der Waals surface area contributed by atoms with Crippen molar-refractivity contribution in [3.8, 4) is 0 Å². The molecule has 3 rings (SSSR count). The fourth-order valence-corrected chi connectivity index (χ4v) is 13.4. The van der Waals surface area contributed by atoms with Gasteiger partial charge in [-0.05, 0) is 55.0 Å². The summed E-state index contributed by atoms with van der Waals surface area (Å²) in [4.78, 5) is -0.129. The van der Waals surface area contributed by atoms with E-state index in [0.717, 1.165) is 26.2 Å². The molecule has 4 heteroatoms. The van der Waals surface area contributed by atoms with E-state index in [9.17, 15) is 0 Å². The normalized spacial score (nSPS) is 13.1. The summed E-state index contributed by atoms with van der Waals surface area (Å²) in [6.45, 7) is 23.0. The molecule has 35 heavy (non-hydrogen) atoms. The largest absolute Gasteiger partial charge is 0.269 e. The molecule has 0 N–H and O–H groups in total. The summed E-state index contributed by atoms with van der Waals surface area (Å²) in [6, 6.07) is 27.6. The van der Waals surface area contributed by atoms with Gasteiger partial charge in [0.05, 0.1) is 13.1 Å². The van der Waals surface area contributed by atoms with Crippen molar-refractivity contribution in [2.24, 2.45) is 0 Å². The van der Waals surface area contributed by atoms with Crippen molar-refractivity contribution >= 4 is 21.4 Å². The zero-order valence-corrected chi connectivity index (χ0v) is 24.8. The first-order valence-corrected chi connectivity index (χ1v) is 16.1. The summed E-state index contributed by atoms with van der Waals surface area (Å²) >= 11 is 0. The average Bonchev–Trinajstić information content (AvgIpc) is 2.86. The molecule has 3 aromatic rings. The Balaban J connectivity index is 2.51. The van der Waals surface area contributed by atoms with Crippen molar-refractivity contribution < 1.29 is 0 Å². The molecule has 0 aromatic heterocycles. The Morgan fingerprint density at radius 2 is 1.00 bits per heavy atom. The summed E-state index contributed by atoms with van der Waals surface area (Å²) in [7, 11) is -1.30. The van der Waals surface area contributed by atoms with E-state index in [1.54, 1.807) is 5.30 Å². The lowest BCUT2D eigenvalue weighted by molar-refractivity contribution is 0.414. The smallest absolute Gasteiger partial charge is 0.0906 e. The lowest BCUT2D eigenvalue weighted by atomic mass is 10.0. The van der Waals surface area contributed by atoms with Gasteiger partial charge in [0.2, 0.25) is 0 Å². The van der Waals surface area contributed by atoms with Crippen molar-refractivity contribution in [2.75, 3.05) is 32.8 Å². The Bertz CT molecular complexity index is 985. The Labute approximate surface area is 217 Å². The van der Waals surface area contributed by atoms with E-state index in [2.05, 4.69) is 137 Å². The molecule has 1 unspecified atom stereocenters. The monoisotopic (exact) mass is 506 g/mol. The van der Waals surface area contributed by atoms with Crippen LogP contribution in [0.4, 0.5) is 0 Å². The van der Waals surface area contributed by atoms with E-state index in [4.69, 9.17) is 0 Å². The van der Waals surface area contributed by atoms with Crippen LogP contribution in [0.2, 0.25) is 0 Å². The molecule has 0 radical (unpaired) electrons. The molecule has 1 atom stereocenters. The first-order chi connectivity index (χ1) is 16.9. The highest BCUT2D eigenvalue weighted by molar-refractivity contribution is 7.79. The van der Waals surface area contributed by atoms with Crippen LogP contribution in [0.3, 0.4) is 0 Å². The number of hydrogen-bond donors (Lipinski definition) is 0. The van der Waals surface area contributed by atoms with Gasteiger partial charge in [-0.3, -0.25) is 9.34 Å². The zero-order valence-electron chi connectivity index (χ0n) is 23.0. The highest BCUT2D eigenvalue weighted by Crippen LogP contribution is 2.76. The minimum atomic E-state index is -0.688. The van der Waals surface area contributed by atoms with E-state index >= 15 is 0 Å². The van der Waals surface area contributed by atoms with Crippen molar-refractivity contribution in [1.82, 2.24) is 9.34 Å². The number of aryl methyl sites for hydroxylation is 3. The van der Waals surface area contributed by atoms with Crippen LogP contribution in [0.15, 0.2) is 72.8 Å². The maximum absolute atomic E-state index is 2.76. The van der Waals surface area contributed by atoms with Crippen LogP contribution in [0.5, 0.6) is 0 Å². The summed E-state index contributed by atoms with van der Waals surface area (Å²) < 4.78 is 5.53. The fraction of sp³-hybridized carbons (Fsp3) is 0.419. The topological polar surface area (TPSA) is 6.48 Å². The number of hydrogen-bond acceptors (Lipinski definition) is 2. The molecule has 0 fully saturated rings. The standard InChI is InChI=1S/C31H44N2P2/c1-9-32(10-2)35(33(11-3)12-4)31(28-19-15-13-16-20-28,29-21-17-14-18-22-29)34(8)30-26(6)23-25(5)24-27(30)7/h13-24H,9-12H2,1-8H3. The first-order valence-electron chi connectivity index (χ1n) is 13.1. The lowest BCUT2D eigenvalue weighted by Crippen LogP contribution is -2.41. The van der Waals surface area contributed by atoms with Gasteiger partial charge in [0.25, 0.3) is 0 Å². The minimum absolute atomic E-state index is 0.129. The molecule has 0 aliphatic rings. The van der Waals surface area contributed by atoms with Crippen LogP contribution in [0, 0.1) is 20.8 Å². The highest BCUT2D eigenvalue weighted by atomic mass is 31.2. The molecule has 188 valence electrons. The molecule has 0 saturated heterocycles. The molecular formula is C31H44N2P2. The molecule has 0 amide bonds. The SMILES string of the molecule is CCN(CC)P(N(CC)CC)C(c1ccccc1)(c1ccccc1)P(C)c1c(C)cc(C)cc1C. The second kappa shape index (κ2) is 12.6. The maximum Gasteiger partial charge on any atom is 0.0906 e. The molecule has 0 bridgehead atoms. The molecule has 0 saturated carbocycles. The van der Waals surface area contributed by atoms with Crippen molar-refractivity contribution in [3.05, 3.63) is 101 Å². The highest BCUT2D eigenvalue weighted by Gasteiger charge is 2.51. The van der Waals surface area contributed by atoms with Gasteiger partial charge in [0.1, 0.15) is 0 Å². The van der Waals surface area contributed by atoms with E-state index < -0.39 is 16.1 Å². The molecular weight excluding hydrogens is 462 g/mol. The molecule has 0 aliphatic carbocycles. The van der Waals surface area contributed by atoms with Gasteiger partial charge in [-0.25, -0.2) is 0 Å². The van der Waals surface area contributed by atoms with Crippen LogP contribution in [0.1, 0.15) is 55.5 Å². The first kappa shape index (κ1) is 28.0. The number of benzene rings is 3. The third kappa shape index (κ3) is 5.42. The van der Waals surface area contributed by atoms with Crippen LogP contribution in [-0.4, -0.2) is 42.2 Å². The molecule has 3 aromatic carbocycles. The van der Waals surface area contributed by atoms with Gasteiger partial charge in [-0.15, -0.1) is 0 Å². The summed E-state index contributed by atoms with van der Waals surface area (Å²) in [5.41, 5.74) is 7.11. The second-order valence-corrected chi connectivity index (χ2v) is 14.2. The van der Waals surface area contributed by atoms with Crippen molar-refractivity contribution in [3.63, 3.8) is 0 Å². The fourth-order valence-electron chi connectivity index (χ4n) is 5.69.